The summed E-state index contributed by atoms with van der Waals surface area (Å²) < 4.78 is 56.3. The Morgan fingerprint density at radius 2 is 1.27 bits per heavy atom. The number of benzene rings is 4. The highest BCUT2D eigenvalue weighted by atomic mass is 32.2. The summed E-state index contributed by atoms with van der Waals surface area (Å²) in [7, 11) is -7.67. The van der Waals surface area contributed by atoms with E-state index in [-0.39, 0.29) is 9.79 Å². The van der Waals surface area contributed by atoms with E-state index in [4.69, 9.17) is 0 Å². The standard InChI is InChI=1S/C28H21N3O4S2/c32-36(33,23-10-3-1-4-11-23)30-22-17-15-20(16-18-22)27-26-19-21-9-7-8-14-25(21)28(26)31(29-27)37(34,35)24-12-5-2-6-13-24/h1-18,30H,19H2. The van der Waals surface area contributed by atoms with E-state index in [0.717, 1.165) is 20.8 Å². The summed E-state index contributed by atoms with van der Waals surface area (Å²) in [4.78, 5) is 0.321. The Morgan fingerprint density at radius 1 is 0.676 bits per heavy atom. The van der Waals surface area contributed by atoms with Crippen LogP contribution < -0.4 is 4.72 Å². The van der Waals surface area contributed by atoms with Gasteiger partial charge in [-0.1, -0.05) is 72.8 Å². The maximum atomic E-state index is 13.6. The maximum Gasteiger partial charge on any atom is 0.283 e. The number of aromatic nitrogens is 2. The van der Waals surface area contributed by atoms with Crippen LogP contribution in [0.5, 0.6) is 0 Å². The molecule has 5 aromatic rings. The molecule has 0 unspecified atom stereocenters. The summed E-state index contributed by atoms with van der Waals surface area (Å²) in [6.45, 7) is 0. The molecule has 1 aliphatic carbocycles. The number of sulfonamides is 1. The van der Waals surface area contributed by atoms with E-state index in [1.54, 1.807) is 72.8 Å². The number of rotatable bonds is 6. The second-order valence-corrected chi connectivity index (χ2v) is 12.1. The minimum atomic E-state index is -3.94. The van der Waals surface area contributed by atoms with Gasteiger partial charge in [-0.3, -0.25) is 4.72 Å². The highest BCUT2D eigenvalue weighted by molar-refractivity contribution is 7.92. The van der Waals surface area contributed by atoms with Crippen LogP contribution in [-0.2, 0) is 26.5 Å². The van der Waals surface area contributed by atoms with Gasteiger partial charge < -0.3 is 0 Å². The first-order valence-electron chi connectivity index (χ1n) is 11.5. The number of hydrogen-bond acceptors (Lipinski definition) is 5. The molecule has 0 radical (unpaired) electrons. The molecule has 4 aromatic carbocycles. The van der Waals surface area contributed by atoms with Crippen molar-refractivity contribution in [1.82, 2.24) is 9.19 Å². The first kappa shape index (κ1) is 23.2. The zero-order valence-corrected chi connectivity index (χ0v) is 21.1. The lowest BCUT2D eigenvalue weighted by Gasteiger charge is -2.09. The molecule has 7 nitrogen and oxygen atoms in total. The van der Waals surface area contributed by atoms with E-state index < -0.39 is 20.0 Å². The highest BCUT2D eigenvalue weighted by Gasteiger charge is 2.33. The van der Waals surface area contributed by atoms with Crippen molar-refractivity contribution in [1.29, 1.82) is 0 Å². The van der Waals surface area contributed by atoms with Crippen molar-refractivity contribution in [2.45, 2.75) is 16.2 Å². The summed E-state index contributed by atoms with van der Waals surface area (Å²) >= 11 is 0. The molecule has 37 heavy (non-hydrogen) atoms. The van der Waals surface area contributed by atoms with Crippen LogP contribution in [0.4, 0.5) is 5.69 Å². The monoisotopic (exact) mass is 527 g/mol. The smallest absolute Gasteiger partial charge is 0.280 e. The lowest BCUT2D eigenvalue weighted by atomic mass is 10.1. The van der Waals surface area contributed by atoms with Gasteiger partial charge in [0.2, 0.25) is 0 Å². The summed E-state index contributed by atoms with van der Waals surface area (Å²) in [5, 5.41) is 4.59. The van der Waals surface area contributed by atoms with Crippen LogP contribution in [0.1, 0.15) is 11.1 Å². The predicted molar refractivity (Wildman–Crippen MR) is 142 cm³/mol. The molecule has 0 spiro atoms. The van der Waals surface area contributed by atoms with Gasteiger partial charge >= 0.3 is 0 Å². The van der Waals surface area contributed by atoms with Crippen molar-refractivity contribution in [3.05, 3.63) is 120 Å². The average molecular weight is 528 g/mol. The Morgan fingerprint density at radius 3 is 1.95 bits per heavy atom. The van der Waals surface area contributed by atoms with E-state index in [9.17, 15) is 16.8 Å². The quantitative estimate of drug-likeness (QED) is 0.323. The summed E-state index contributed by atoms with van der Waals surface area (Å²) in [5.74, 6) is 0. The third-order valence-corrected chi connectivity index (χ3v) is 9.31. The number of nitrogens with zero attached hydrogens (tertiary/aromatic N) is 2. The van der Waals surface area contributed by atoms with Crippen molar-refractivity contribution < 1.29 is 16.8 Å². The Labute approximate surface area is 215 Å². The Hall–Kier alpha value is -4.21. The molecule has 1 aliphatic rings. The third kappa shape index (κ3) is 4.02. The number of hydrogen-bond donors (Lipinski definition) is 1. The zero-order chi connectivity index (χ0) is 25.6. The van der Waals surface area contributed by atoms with Gasteiger partial charge in [0.15, 0.2) is 0 Å². The van der Waals surface area contributed by atoms with Gasteiger partial charge in [-0.2, -0.15) is 17.6 Å². The second-order valence-electron chi connectivity index (χ2n) is 8.67. The van der Waals surface area contributed by atoms with Gasteiger partial charge in [-0.05, 0) is 42.0 Å². The lowest BCUT2D eigenvalue weighted by Crippen LogP contribution is -2.15. The molecule has 1 aromatic heterocycles. The fourth-order valence-electron chi connectivity index (χ4n) is 4.57. The SMILES string of the molecule is O=S(=O)(Nc1ccc(-c2nn(S(=O)(=O)c3ccccc3)c3c2Cc2ccccc2-3)cc1)c1ccccc1. The largest absolute Gasteiger partial charge is 0.283 e. The predicted octanol–water partition coefficient (Wildman–Crippen LogP) is 5.16. The average Bonchev–Trinajstić information content (AvgIpc) is 3.48. The summed E-state index contributed by atoms with van der Waals surface area (Å²) in [6.07, 6.45) is 0.549. The van der Waals surface area contributed by atoms with E-state index >= 15 is 0 Å². The molecular formula is C28H21N3O4S2. The summed E-state index contributed by atoms with van der Waals surface area (Å²) in [6, 6.07) is 30.9. The van der Waals surface area contributed by atoms with Crippen LogP contribution in [-0.4, -0.2) is 26.0 Å². The first-order chi connectivity index (χ1) is 17.8. The van der Waals surface area contributed by atoms with Gasteiger partial charge in [-0.25, -0.2) is 8.42 Å². The molecule has 0 atom stereocenters. The van der Waals surface area contributed by atoms with E-state index in [1.165, 1.54) is 12.1 Å². The van der Waals surface area contributed by atoms with E-state index in [2.05, 4.69) is 9.82 Å². The second kappa shape index (κ2) is 8.72. The normalized spacial score (nSPS) is 12.6. The minimum Gasteiger partial charge on any atom is -0.280 e. The van der Waals surface area contributed by atoms with Gasteiger partial charge in [0.25, 0.3) is 20.0 Å². The van der Waals surface area contributed by atoms with Crippen LogP contribution in [0, 0.1) is 0 Å². The van der Waals surface area contributed by atoms with Gasteiger partial charge in [0, 0.05) is 28.8 Å². The van der Waals surface area contributed by atoms with Crippen molar-refractivity contribution in [3.8, 4) is 22.5 Å². The molecule has 6 rings (SSSR count). The van der Waals surface area contributed by atoms with Crippen molar-refractivity contribution in [2.75, 3.05) is 4.72 Å². The van der Waals surface area contributed by atoms with Gasteiger partial charge in [0.1, 0.15) is 0 Å². The van der Waals surface area contributed by atoms with Crippen LogP contribution >= 0.6 is 0 Å². The van der Waals surface area contributed by atoms with Crippen molar-refractivity contribution in [3.63, 3.8) is 0 Å². The van der Waals surface area contributed by atoms with E-state index in [0.29, 0.717) is 29.1 Å². The van der Waals surface area contributed by atoms with Crippen LogP contribution in [0.2, 0.25) is 0 Å². The molecule has 0 bridgehead atoms. The molecule has 0 amide bonds. The molecule has 184 valence electrons. The molecule has 0 aliphatic heterocycles. The zero-order valence-electron chi connectivity index (χ0n) is 19.4. The Kier molecular flexibility index (Phi) is 5.47. The van der Waals surface area contributed by atoms with Crippen LogP contribution in [0.25, 0.3) is 22.5 Å². The fraction of sp³-hybridized carbons (Fsp3) is 0.0357. The Bertz CT molecular complexity index is 1830. The topological polar surface area (TPSA) is 98.1 Å². The highest BCUT2D eigenvalue weighted by Crippen LogP contribution is 2.43. The number of nitrogens with one attached hydrogen (secondary N) is 1. The Balaban J connectivity index is 1.42. The van der Waals surface area contributed by atoms with Crippen LogP contribution in [0.15, 0.2) is 119 Å². The maximum absolute atomic E-state index is 13.6. The van der Waals surface area contributed by atoms with Crippen molar-refractivity contribution >= 4 is 25.7 Å². The van der Waals surface area contributed by atoms with Crippen LogP contribution in [0.3, 0.4) is 0 Å². The molecular weight excluding hydrogens is 506 g/mol. The third-order valence-electron chi connectivity index (χ3n) is 6.33. The number of fused-ring (bicyclic) bond motifs is 3. The molecule has 0 saturated carbocycles. The molecule has 1 heterocycles. The van der Waals surface area contributed by atoms with Gasteiger partial charge in [-0.15, -0.1) is 0 Å². The van der Waals surface area contributed by atoms with Gasteiger partial charge in [0.05, 0.1) is 21.2 Å². The minimum absolute atomic E-state index is 0.155. The number of anilines is 1. The molecule has 1 N–H and O–H groups in total. The first-order valence-corrected chi connectivity index (χ1v) is 14.5. The summed E-state index contributed by atoms with van der Waals surface area (Å²) in [5.41, 5.74) is 4.87. The molecule has 0 saturated heterocycles. The fourth-order valence-corrected chi connectivity index (χ4v) is 6.98. The van der Waals surface area contributed by atoms with Crippen molar-refractivity contribution in [2.24, 2.45) is 0 Å². The lowest BCUT2D eigenvalue weighted by molar-refractivity contribution is 0.581. The molecule has 0 fully saturated rings. The molecule has 9 heteroatoms. The van der Waals surface area contributed by atoms with E-state index in [1.807, 2.05) is 24.3 Å².